The largest absolute Gasteiger partial charge is 0.328 e. The van der Waals surface area contributed by atoms with E-state index in [2.05, 4.69) is 4.90 Å². The maximum absolute atomic E-state index is 13.8. The van der Waals surface area contributed by atoms with E-state index in [1.165, 1.54) is 18.2 Å². The molecular weight excluding hydrogens is 246 g/mol. The summed E-state index contributed by atoms with van der Waals surface area (Å²) < 4.78 is 27.6. The molecule has 1 aromatic carbocycles. The van der Waals surface area contributed by atoms with E-state index in [0.717, 1.165) is 25.9 Å². The van der Waals surface area contributed by atoms with E-state index in [9.17, 15) is 8.78 Å². The highest BCUT2D eigenvalue weighted by molar-refractivity contribution is 5.23. The first-order valence-electron chi connectivity index (χ1n) is 6.94. The van der Waals surface area contributed by atoms with Gasteiger partial charge in [0.2, 0.25) is 0 Å². The average Bonchev–Trinajstić information content (AvgIpc) is 2.38. The first kappa shape index (κ1) is 14.4. The van der Waals surface area contributed by atoms with Crippen molar-refractivity contribution in [3.63, 3.8) is 0 Å². The Morgan fingerprint density at radius 2 is 1.89 bits per heavy atom. The monoisotopic (exact) mass is 268 g/mol. The minimum absolute atomic E-state index is 0.125. The van der Waals surface area contributed by atoms with Crippen LogP contribution < -0.4 is 5.73 Å². The summed E-state index contributed by atoms with van der Waals surface area (Å²) in [7, 11) is 0. The van der Waals surface area contributed by atoms with Crippen LogP contribution in [0.5, 0.6) is 0 Å². The summed E-state index contributed by atoms with van der Waals surface area (Å²) in [6.07, 6.45) is 2.13. The molecule has 1 aliphatic heterocycles. The highest BCUT2D eigenvalue weighted by Crippen LogP contribution is 2.30. The number of nitrogens with zero attached hydrogens (tertiary/aromatic N) is 1. The van der Waals surface area contributed by atoms with Crippen LogP contribution in [0.2, 0.25) is 0 Å². The van der Waals surface area contributed by atoms with Crippen molar-refractivity contribution in [1.82, 2.24) is 4.90 Å². The molecule has 1 aliphatic rings. The van der Waals surface area contributed by atoms with E-state index >= 15 is 0 Å². The highest BCUT2D eigenvalue weighted by Gasteiger charge is 2.28. The number of hydrogen-bond donors (Lipinski definition) is 1. The number of rotatable bonds is 3. The van der Waals surface area contributed by atoms with Gasteiger partial charge in [-0.1, -0.05) is 6.07 Å². The summed E-state index contributed by atoms with van der Waals surface area (Å²) in [5.74, 6) is -0.517. The van der Waals surface area contributed by atoms with Crippen LogP contribution in [-0.2, 0) is 0 Å². The maximum atomic E-state index is 13.8. The SMILES string of the molecule is CC(N)C1CCCN(C(C)c2c(F)cccc2F)C1. The Morgan fingerprint density at radius 3 is 2.47 bits per heavy atom. The zero-order chi connectivity index (χ0) is 14.0. The van der Waals surface area contributed by atoms with Gasteiger partial charge in [0.1, 0.15) is 11.6 Å². The molecule has 0 aromatic heterocycles. The summed E-state index contributed by atoms with van der Waals surface area (Å²) in [4.78, 5) is 2.14. The molecule has 4 heteroatoms. The Balaban J connectivity index is 2.17. The molecule has 0 amide bonds. The minimum atomic E-state index is -0.463. The number of benzene rings is 1. The molecule has 0 spiro atoms. The second kappa shape index (κ2) is 5.97. The molecule has 2 nitrogen and oxygen atoms in total. The van der Waals surface area contributed by atoms with E-state index < -0.39 is 11.6 Å². The molecule has 0 radical (unpaired) electrons. The summed E-state index contributed by atoms with van der Waals surface area (Å²) in [6, 6.07) is 3.93. The molecular formula is C15H22F2N2. The third kappa shape index (κ3) is 3.12. The smallest absolute Gasteiger partial charge is 0.130 e. The fourth-order valence-electron chi connectivity index (χ4n) is 2.91. The Kier molecular flexibility index (Phi) is 4.53. The van der Waals surface area contributed by atoms with Gasteiger partial charge in [0.25, 0.3) is 0 Å². The van der Waals surface area contributed by atoms with Crippen molar-refractivity contribution in [3.05, 3.63) is 35.4 Å². The number of hydrogen-bond acceptors (Lipinski definition) is 2. The summed E-state index contributed by atoms with van der Waals surface area (Å²) >= 11 is 0. The molecule has 0 aliphatic carbocycles. The van der Waals surface area contributed by atoms with Crippen molar-refractivity contribution in [2.45, 2.75) is 38.8 Å². The molecule has 106 valence electrons. The lowest BCUT2D eigenvalue weighted by Gasteiger charge is -2.38. The van der Waals surface area contributed by atoms with Gasteiger partial charge in [0.15, 0.2) is 0 Å². The van der Waals surface area contributed by atoms with E-state index in [0.29, 0.717) is 5.92 Å². The first-order chi connectivity index (χ1) is 9.00. The molecule has 1 heterocycles. The summed E-state index contributed by atoms with van der Waals surface area (Å²) in [5.41, 5.74) is 6.13. The predicted octanol–water partition coefficient (Wildman–Crippen LogP) is 3.09. The predicted molar refractivity (Wildman–Crippen MR) is 72.7 cm³/mol. The fourth-order valence-corrected chi connectivity index (χ4v) is 2.91. The zero-order valence-corrected chi connectivity index (χ0v) is 11.6. The van der Waals surface area contributed by atoms with E-state index in [4.69, 9.17) is 5.73 Å². The van der Waals surface area contributed by atoms with E-state index in [1.54, 1.807) is 0 Å². The van der Waals surface area contributed by atoms with Gasteiger partial charge < -0.3 is 5.73 Å². The van der Waals surface area contributed by atoms with Gasteiger partial charge >= 0.3 is 0 Å². The maximum Gasteiger partial charge on any atom is 0.130 e. The van der Waals surface area contributed by atoms with E-state index in [-0.39, 0.29) is 17.6 Å². The number of piperidine rings is 1. The van der Waals surface area contributed by atoms with Crippen molar-refractivity contribution >= 4 is 0 Å². The molecule has 0 saturated carbocycles. The second-order valence-corrected chi connectivity index (χ2v) is 5.57. The normalized spacial score (nSPS) is 24.2. The van der Waals surface area contributed by atoms with Crippen LogP contribution in [0.1, 0.15) is 38.3 Å². The van der Waals surface area contributed by atoms with Crippen molar-refractivity contribution in [1.29, 1.82) is 0 Å². The third-order valence-corrected chi connectivity index (χ3v) is 4.20. The minimum Gasteiger partial charge on any atom is -0.328 e. The van der Waals surface area contributed by atoms with Gasteiger partial charge in [-0.05, 0) is 51.3 Å². The number of likely N-dealkylation sites (tertiary alicyclic amines) is 1. The van der Waals surface area contributed by atoms with Crippen LogP contribution in [0, 0.1) is 17.6 Å². The summed E-state index contributed by atoms with van der Waals surface area (Å²) in [6.45, 7) is 5.55. The molecule has 3 atom stereocenters. The lowest BCUT2D eigenvalue weighted by molar-refractivity contribution is 0.117. The molecule has 1 saturated heterocycles. The lowest BCUT2D eigenvalue weighted by atomic mass is 9.90. The molecule has 2 N–H and O–H groups in total. The standard InChI is InChI=1S/C15H22F2N2/c1-10(18)12-5-4-8-19(9-12)11(2)15-13(16)6-3-7-14(15)17/h3,6-7,10-12H,4-5,8-9,18H2,1-2H3. The van der Waals surface area contributed by atoms with Crippen LogP contribution in [0.4, 0.5) is 8.78 Å². The lowest BCUT2D eigenvalue weighted by Crippen LogP contribution is -2.43. The first-order valence-corrected chi connectivity index (χ1v) is 6.94. The molecule has 0 bridgehead atoms. The summed E-state index contributed by atoms with van der Waals surface area (Å²) in [5, 5.41) is 0. The Hall–Kier alpha value is -1.00. The topological polar surface area (TPSA) is 29.3 Å². The number of nitrogens with two attached hydrogens (primary N) is 1. The van der Waals surface area contributed by atoms with Crippen LogP contribution in [0.15, 0.2) is 18.2 Å². The van der Waals surface area contributed by atoms with Crippen molar-refractivity contribution in [2.75, 3.05) is 13.1 Å². The van der Waals surface area contributed by atoms with Gasteiger partial charge in [0, 0.05) is 24.2 Å². The van der Waals surface area contributed by atoms with Crippen LogP contribution >= 0.6 is 0 Å². The molecule has 19 heavy (non-hydrogen) atoms. The zero-order valence-electron chi connectivity index (χ0n) is 11.6. The van der Waals surface area contributed by atoms with Crippen LogP contribution in [-0.4, -0.2) is 24.0 Å². The second-order valence-electron chi connectivity index (χ2n) is 5.57. The van der Waals surface area contributed by atoms with Crippen molar-refractivity contribution in [3.8, 4) is 0 Å². The molecule has 3 unspecified atom stereocenters. The average molecular weight is 268 g/mol. The van der Waals surface area contributed by atoms with Gasteiger partial charge in [-0.25, -0.2) is 8.78 Å². The quantitative estimate of drug-likeness (QED) is 0.912. The van der Waals surface area contributed by atoms with E-state index in [1.807, 2.05) is 13.8 Å². The Bertz CT molecular complexity index is 414. The van der Waals surface area contributed by atoms with Crippen LogP contribution in [0.3, 0.4) is 0 Å². The van der Waals surface area contributed by atoms with Crippen molar-refractivity contribution < 1.29 is 8.78 Å². The molecule has 2 rings (SSSR count). The van der Waals surface area contributed by atoms with Gasteiger partial charge in [-0.3, -0.25) is 4.90 Å². The highest BCUT2D eigenvalue weighted by atomic mass is 19.1. The fraction of sp³-hybridized carbons (Fsp3) is 0.600. The third-order valence-electron chi connectivity index (χ3n) is 4.20. The van der Waals surface area contributed by atoms with Crippen LogP contribution in [0.25, 0.3) is 0 Å². The Morgan fingerprint density at radius 1 is 1.26 bits per heavy atom. The van der Waals surface area contributed by atoms with Crippen molar-refractivity contribution in [2.24, 2.45) is 11.7 Å². The van der Waals surface area contributed by atoms with Gasteiger partial charge in [0.05, 0.1) is 0 Å². The Labute approximate surface area is 113 Å². The van der Waals surface area contributed by atoms with Gasteiger partial charge in [-0.15, -0.1) is 0 Å². The number of halogens is 2. The molecule has 1 aromatic rings. The molecule has 1 fully saturated rings. The van der Waals surface area contributed by atoms with Gasteiger partial charge in [-0.2, -0.15) is 0 Å².